The predicted octanol–water partition coefficient (Wildman–Crippen LogP) is 2.69. The Morgan fingerprint density at radius 2 is 1.79 bits per heavy atom. The zero-order valence-corrected chi connectivity index (χ0v) is 15.2. The third-order valence-corrected chi connectivity index (χ3v) is 4.25. The quantitative estimate of drug-likeness (QED) is 0.539. The van der Waals surface area contributed by atoms with Crippen molar-refractivity contribution < 1.29 is 9.53 Å². The Hall–Kier alpha value is -3.74. The molecule has 2 aromatic heterocycles. The first-order valence-electron chi connectivity index (χ1n) is 8.96. The van der Waals surface area contributed by atoms with E-state index in [1.165, 1.54) is 0 Å². The van der Waals surface area contributed by atoms with Crippen molar-refractivity contribution in [2.45, 2.75) is 6.54 Å². The van der Waals surface area contributed by atoms with Gasteiger partial charge in [-0.25, -0.2) is 15.0 Å². The number of amides is 1. The van der Waals surface area contributed by atoms with Crippen LogP contribution in [0.5, 0.6) is 5.75 Å². The van der Waals surface area contributed by atoms with E-state index < -0.39 is 0 Å². The van der Waals surface area contributed by atoms with Gasteiger partial charge in [0.15, 0.2) is 18.3 Å². The van der Waals surface area contributed by atoms with Crippen LogP contribution >= 0.6 is 0 Å². The lowest BCUT2D eigenvalue weighted by molar-refractivity contribution is -0.123. The van der Waals surface area contributed by atoms with E-state index >= 15 is 0 Å². The number of fused-ring (bicyclic) bond motifs is 1. The van der Waals surface area contributed by atoms with Gasteiger partial charge in [-0.3, -0.25) is 4.79 Å². The number of aromatic nitrogens is 4. The van der Waals surface area contributed by atoms with E-state index in [1.807, 2.05) is 53.2 Å². The number of hydrogen-bond acceptors (Lipinski definition) is 5. The van der Waals surface area contributed by atoms with Crippen molar-refractivity contribution in [1.82, 2.24) is 24.8 Å². The van der Waals surface area contributed by atoms with E-state index in [2.05, 4.69) is 20.3 Å². The van der Waals surface area contributed by atoms with E-state index in [0.717, 1.165) is 10.8 Å². The standard InChI is InChI=1S/C21H19N5O2/c27-19(15-28-18-7-6-16-4-1-2-5-17(16)14-18)22-10-12-26-13-11-25-21(26)20-23-8-3-9-24-20/h1-9,11,13-14H,10,12,15H2,(H,22,27). The number of benzene rings is 2. The molecule has 4 aromatic rings. The average Bonchev–Trinajstić information content (AvgIpc) is 3.21. The zero-order valence-electron chi connectivity index (χ0n) is 15.2. The molecule has 0 aliphatic carbocycles. The second-order valence-corrected chi connectivity index (χ2v) is 6.16. The van der Waals surface area contributed by atoms with Gasteiger partial charge in [0.1, 0.15) is 5.75 Å². The highest BCUT2D eigenvalue weighted by molar-refractivity contribution is 5.84. The minimum absolute atomic E-state index is 0.0308. The number of nitrogens with zero attached hydrogens (tertiary/aromatic N) is 4. The summed E-state index contributed by atoms with van der Waals surface area (Å²) in [5, 5.41) is 5.07. The summed E-state index contributed by atoms with van der Waals surface area (Å²) in [7, 11) is 0. The third kappa shape index (κ3) is 4.15. The molecule has 0 unspecified atom stereocenters. The molecule has 0 saturated heterocycles. The van der Waals surface area contributed by atoms with Gasteiger partial charge in [0.25, 0.3) is 5.91 Å². The number of rotatable bonds is 7. The van der Waals surface area contributed by atoms with Crippen LogP contribution < -0.4 is 10.1 Å². The molecule has 0 aliphatic rings. The van der Waals surface area contributed by atoms with Gasteiger partial charge in [-0.1, -0.05) is 30.3 Å². The van der Waals surface area contributed by atoms with Crippen molar-refractivity contribution in [1.29, 1.82) is 0 Å². The molecule has 0 radical (unpaired) electrons. The Kier molecular flexibility index (Phi) is 5.24. The summed E-state index contributed by atoms with van der Waals surface area (Å²) in [5.41, 5.74) is 0. The molecule has 2 heterocycles. The first-order chi connectivity index (χ1) is 13.8. The Morgan fingerprint density at radius 1 is 0.964 bits per heavy atom. The molecule has 0 atom stereocenters. The molecule has 2 aromatic carbocycles. The number of ether oxygens (including phenoxy) is 1. The fourth-order valence-corrected chi connectivity index (χ4v) is 2.88. The highest BCUT2D eigenvalue weighted by atomic mass is 16.5. The summed E-state index contributed by atoms with van der Waals surface area (Å²) in [6.45, 7) is 0.988. The SMILES string of the molecule is O=C(COc1ccc2ccccc2c1)NCCn1ccnc1-c1ncccn1. The molecular formula is C21H19N5O2. The molecule has 1 amide bonds. The maximum atomic E-state index is 12.1. The summed E-state index contributed by atoms with van der Waals surface area (Å²) in [6, 6.07) is 15.6. The Labute approximate surface area is 162 Å². The fourth-order valence-electron chi connectivity index (χ4n) is 2.88. The molecule has 0 spiro atoms. The van der Waals surface area contributed by atoms with Crippen LogP contribution in [0.4, 0.5) is 0 Å². The van der Waals surface area contributed by atoms with Crippen molar-refractivity contribution in [3.8, 4) is 17.4 Å². The summed E-state index contributed by atoms with van der Waals surface area (Å²) in [6.07, 6.45) is 6.88. The molecule has 0 aliphatic heterocycles. The van der Waals surface area contributed by atoms with Crippen molar-refractivity contribution in [3.05, 3.63) is 73.3 Å². The minimum Gasteiger partial charge on any atom is -0.484 e. The largest absolute Gasteiger partial charge is 0.484 e. The lowest BCUT2D eigenvalue weighted by Crippen LogP contribution is -2.31. The number of carbonyl (C=O) groups excluding carboxylic acids is 1. The van der Waals surface area contributed by atoms with Crippen molar-refractivity contribution in [2.75, 3.05) is 13.2 Å². The lowest BCUT2D eigenvalue weighted by Gasteiger charge is -2.10. The highest BCUT2D eigenvalue weighted by Gasteiger charge is 2.09. The Bertz CT molecular complexity index is 1080. The first-order valence-corrected chi connectivity index (χ1v) is 8.96. The van der Waals surface area contributed by atoms with Gasteiger partial charge in [0.05, 0.1) is 0 Å². The zero-order chi connectivity index (χ0) is 19.2. The van der Waals surface area contributed by atoms with Crippen molar-refractivity contribution in [3.63, 3.8) is 0 Å². The van der Waals surface area contributed by atoms with E-state index in [0.29, 0.717) is 30.5 Å². The molecule has 0 bridgehead atoms. The maximum Gasteiger partial charge on any atom is 0.258 e. The van der Waals surface area contributed by atoms with Gasteiger partial charge in [0, 0.05) is 37.9 Å². The summed E-state index contributed by atoms with van der Waals surface area (Å²) in [5.74, 6) is 1.72. The second kappa shape index (κ2) is 8.30. The molecule has 7 heteroatoms. The topological polar surface area (TPSA) is 81.9 Å². The van der Waals surface area contributed by atoms with Gasteiger partial charge < -0.3 is 14.6 Å². The van der Waals surface area contributed by atoms with Crippen LogP contribution in [-0.2, 0) is 11.3 Å². The van der Waals surface area contributed by atoms with Crippen LogP contribution in [-0.4, -0.2) is 38.6 Å². The fraction of sp³-hybridized carbons (Fsp3) is 0.143. The monoisotopic (exact) mass is 373 g/mol. The highest BCUT2D eigenvalue weighted by Crippen LogP contribution is 2.20. The number of carbonyl (C=O) groups is 1. The Balaban J connectivity index is 1.28. The van der Waals surface area contributed by atoms with Crippen LogP contribution in [0.2, 0.25) is 0 Å². The first kappa shape index (κ1) is 17.7. The van der Waals surface area contributed by atoms with E-state index in [9.17, 15) is 4.79 Å². The van der Waals surface area contributed by atoms with E-state index in [4.69, 9.17) is 4.74 Å². The lowest BCUT2D eigenvalue weighted by atomic mass is 10.1. The maximum absolute atomic E-state index is 12.1. The average molecular weight is 373 g/mol. The Morgan fingerprint density at radius 3 is 2.64 bits per heavy atom. The van der Waals surface area contributed by atoms with E-state index in [-0.39, 0.29) is 12.5 Å². The predicted molar refractivity (Wildman–Crippen MR) is 106 cm³/mol. The molecule has 4 rings (SSSR count). The minimum atomic E-state index is -0.175. The van der Waals surface area contributed by atoms with Crippen LogP contribution in [0.15, 0.2) is 73.3 Å². The van der Waals surface area contributed by atoms with Crippen molar-refractivity contribution >= 4 is 16.7 Å². The van der Waals surface area contributed by atoms with Crippen LogP contribution in [0.1, 0.15) is 0 Å². The van der Waals surface area contributed by atoms with E-state index in [1.54, 1.807) is 24.7 Å². The van der Waals surface area contributed by atoms with Gasteiger partial charge in [-0.2, -0.15) is 0 Å². The molecule has 1 N–H and O–H groups in total. The molecule has 140 valence electrons. The van der Waals surface area contributed by atoms with Gasteiger partial charge in [-0.05, 0) is 29.0 Å². The molecule has 7 nitrogen and oxygen atoms in total. The van der Waals surface area contributed by atoms with Crippen LogP contribution in [0.25, 0.3) is 22.4 Å². The van der Waals surface area contributed by atoms with Crippen molar-refractivity contribution in [2.24, 2.45) is 0 Å². The summed E-state index contributed by atoms with van der Waals surface area (Å²) < 4.78 is 7.51. The molecular weight excluding hydrogens is 354 g/mol. The molecule has 0 fully saturated rings. The number of hydrogen-bond donors (Lipinski definition) is 1. The van der Waals surface area contributed by atoms with Crippen LogP contribution in [0.3, 0.4) is 0 Å². The molecule has 28 heavy (non-hydrogen) atoms. The van der Waals surface area contributed by atoms with Gasteiger partial charge >= 0.3 is 0 Å². The summed E-state index contributed by atoms with van der Waals surface area (Å²) >= 11 is 0. The third-order valence-electron chi connectivity index (χ3n) is 4.25. The molecule has 0 saturated carbocycles. The second-order valence-electron chi connectivity index (χ2n) is 6.16. The summed E-state index contributed by atoms with van der Waals surface area (Å²) in [4.78, 5) is 24.8. The number of nitrogens with one attached hydrogen (secondary N) is 1. The van der Waals surface area contributed by atoms with Crippen LogP contribution in [0, 0.1) is 0 Å². The van der Waals surface area contributed by atoms with Gasteiger partial charge in [0.2, 0.25) is 0 Å². The van der Waals surface area contributed by atoms with Gasteiger partial charge in [-0.15, -0.1) is 0 Å². The normalized spacial score (nSPS) is 10.7. The smallest absolute Gasteiger partial charge is 0.258 e. The number of imidazole rings is 1.